The van der Waals surface area contributed by atoms with E-state index in [1.54, 1.807) is 0 Å². The number of aryl methyl sites for hydroxylation is 3. The summed E-state index contributed by atoms with van der Waals surface area (Å²) < 4.78 is 5.45. The molecular weight excluding hydrogens is 236 g/mol. The van der Waals surface area contributed by atoms with Gasteiger partial charge in [-0.05, 0) is 31.4 Å². The van der Waals surface area contributed by atoms with Crippen molar-refractivity contribution in [2.75, 3.05) is 0 Å². The van der Waals surface area contributed by atoms with Gasteiger partial charge in [-0.1, -0.05) is 24.3 Å². The van der Waals surface area contributed by atoms with Crippen molar-refractivity contribution in [3.8, 4) is 0 Å². The molecule has 1 aromatic carbocycles. The highest BCUT2D eigenvalue weighted by atomic mass is 35.5. The summed E-state index contributed by atoms with van der Waals surface area (Å²) >= 11 is 5.86. The van der Waals surface area contributed by atoms with Gasteiger partial charge in [-0.2, -0.15) is 0 Å². The monoisotopic (exact) mass is 250 g/mol. The van der Waals surface area contributed by atoms with E-state index in [1.807, 2.05) is 19.1 Å². The molecule has 0 saturated heterocycles. The molecule has 0 bridgehead atoms. The van der Waals surface area contributed by atoms with E-state index in [0.717, 1.165) is 12.8 Å². The molecule has 1 atom stereocenters. The van der Waals surface area contributed by atoms with E-state index < -0.39 is 0 Å². The van der Waals surface area contributed by atoms with Crippen LogP contribution in [-0.2, 0) is 12.8 Å². The number of benzene rings is 1. The van der Waals surface area contributed by atoms with Gasteiger partial charge in [0, 0.05) is 6.42 Å². The van der Waals surface area contributed by atoms with E-state index in [9.17, 15) is 0 Å². The molecule has 0 amide bonds. The van der Waals surface area contributed by atoms with Crippen LogP contribution in [-0.4, -0.2) is 10.2 Å². The molecule has 2 aromatic rings. The van der Waals surface area contributed by atoms with Crippen molar-refractivity contribution in [1.82, 2.24) is 10.2 Å². The minimum absolute atomic E-state index is 0.227. The Balaban J connectivity index is 2.00. The molecule has 17 heavy (non-hydrogen) atoms. The van der Waals surface area contributed by atoms with Crippen molar-refractivity contribution < 1.29 is 4.42 Å². The zero-order chi connectivity index (χ0) is 12.3. The van der Waals surface area contributed by atoms with Crippen LogP contribution in [0.25, 0.3) is 0 Å². The maximum absolute atomic E-state index is 5.86. The van der Waals surface area contributed by atoms with Gasteiger partial charge in [0.05, 0.1) is 0 Å². The Bertz CT molecular complexity index is 494. The van der Waals surface area contributed by atoms with E-state index >= 15 is 0 Å². The molecule has 1 aromatic heterocycles. The molecule has 90 valence electrons. The third-order valence-corrected chi connectivity index (χ3v) is 2.88. The van der Waals surface area contributed by atoms with Gasteiger partial charge < -0.3 is 4.42 Å². The van der Waals surface area contributed by atoms with E-state index in [2.05, 4.69) is 29.3 Å². The fourth-order valence-electron chi connectivity index (χ4n) is 1.66. The molecule has 1 heterocycles. The minimum atomic E-state index is -0.227. The maximum atomic E-state index is 5.86. The fraction of sp³-hybridized carbons (Fsp3) is 0.385. The summed E-state index contributed by atoms with van der Waals surface area (Å²) in [5.41, 5.74) is 2.60. The third kappa shape index (κ3) is 3.07. The zero-order valence-corrected chi connectivity index (χ0v) is 10.7. The first-order valence-electron chi connectivity index (χ1n) is 5.67. The van der Waals surface area contributed by atoms with Crippen LogP contribution < -0.4 is 0 Å². The van der Waals surface area contributed by atoms with Gasteiger partial charge in [0.1, 0.15) is 5.38 Å². The molecule has 0 saturated carbocycles. The molecule has 0 aliphatic heterocycles. The summed E-state index contributed by atoms with van der Waals surface area (Å²) in [6.07, 6.45) is 1.66. The molecule has 1 unspecified atom stereocenters. The van der Waals surface area contributed by atoms with Gasteiger partial charge >= 0.3 is 0 Å². The molecule has 0 aliphatic carbocycles. The fourth-order valence-corrected chi connectivity index (χ4v) is 1.75. The van der Waals surface area contributed by atoms with E-state index in [4.69, 9.17) is 16.0 Å². The smallest absolute Gasteiger partial charge is 0.234 e. The van der Waals surface area contributed by atoms with E-state index in [0.29, 0.717) is 11.8 Å². The Kier molecular flexibility index (Phi) is 3.79. The number of hydrogen-bond donors (Lipinski definition) is 0. The Labute approximate surface area is 106 Å². The van der Waals surface area contributed by atoms with Crippen LogP contribution in [0.5, 0.6) is 0 Å². The molecule has 3 nitrogen and oxygen atoms in total. The Morgan fingerprint density at radius 3 is 2.65 bits per heavy atom. The second-order valence-corrected chi connectivity index (χ2v) is 4.73. The minimum Gasteiger partial charge on any atom is -0.424 e. The van der Waals surface area contributed by atoms with Gasteiger partial charge in [0.25, 0.3) is 0 Å². The summed E-state index contributed by atoms with van der Waals surface area (Å²) in [5, 5.41) is 7.66. The van der Waals surface area contributed by atoms with Gasteiger partial charge in [-0.15, -0.1) is 21.8 Å². The number of alkyl halides is 1. The number of nitrogens with zero attached hydrogens (tertiary/aromatic N) is 2. The van der Waals surface area contributed by atoms with Gasteiger partial charge in [-0.25, -0.2) is 0 Å². The normalized spacial score (nSPS) is 12.6. The van der Waals surface area contributed by atoms with Crippen LogP contribution in [0, 0.1) is 6.92 Å². The average molecular weight is 251 g/mol. The predicted molar refractivity (Wildman–Crippen MR) is 67.2 cm³/mol. The van der Waals surface area contributed by atoms with E-state index in [1.165, 1.54) is 11.1 Å². The average Bonchev–Trinajstić information content (AvgIpc) is 2.77. The molecule has 0 aliphatic rings. The molecule has 0 N–H and O–H groups in total. The Morgan fingerprint density at radius 2 is 2.00 bits per heavy atom. The summed E-state index contributed by atoms with van der Waals surface area (Å²) in [6, 6.07) is 8.31. The van der Waals surface area contributed by atoms with Crippen molar-refractivity contribution in [2.45, 2.75) is 32.1 Å². The second-order valence-electron chi connectivity index (χ2n) is 4.08. The maximum Gasteiger partial charge on any atom is 0.234 e. The van der Waals surface area contributed by atoms with Crippen molar-refractivity contribution in [1.29, 1.82) is 0 Å². The Hall–Kier alpha value is -1.35. The second kappa shape index (κ2) is 5.32. The standard InChI is InChI=1S/C13H15ClN2O/c1-9-5-3-4-6-11(9)7-8-12-15-16-13(17-12)10(2)14/h3-6,10H,7-8H2,1-2H3. The molecule has 0 spiro atoms. The van der Waals surface area contributed by atoms with Crippen LogP contribution >= 0.6 is 11.6 Å². The molecule has 4 heteroatoms. The van der Waals surface area contributed by atoms with Crippen LogP contribution in [0.1, 0.15) is 35.2 Å². The van der Waals surface area contributed by atoms with Crippen LogP contribution in [0.4, 0.5) is 0 Å². The molecule has 0 radical (unpaired) electrons. The third-order valence-electron chi connectivity index (χ3n) is 2.69. The SMILES string of the molecule is Cc1ccccc1CCc1nnc(C(C)Cl)o1. The summed E-state index contributed by atoms with van der Waals surface area (Å²) in [4.78, 5) is 0. The highest BCUT2D eigenvalue weighted by Crippen LogP contribution is 2.18. The summed E-state index contributed by atoms with van der Waals surface area (Å²) in [5.74, 6) is 1.14. The number of aromatic nitrogens is 2. The largest absolute Gasteiger partial charge is 0.424 e. The van der Waals surface area contributed by atoms with Crippen LogP contribution in [0.2, 0.25) is 0 Å². The van der Waals surface area contributed by atoms with Gasteiger partial charge in [0.15, 0.2) is 0 Å². The number of rotatable bonds is 4. The van der Waals surface area contributed by atoms with Crippen molar-refractivity contribution in [3.63, 3.8) is 0 Å². The highest BCUT2D eigenvalue weighted by Gasteiger charge is 2.11. The highest BCUT2D eigenvalue weighted by molar-refractivity contribution is 6.20. The lowest BCUT2D eigenvalue weighted by molar-refractivity contribution is 0.449. The van der Waals surface area contributed by atoms with Gasteiger partial charge in [0.2, 0.25) is 11.8 Å². The first-order valence-corrected chi connectivity index (χ1v) is 6.11. The first kappa shape index (κ1) is 12.1. The summed E-state index contributed by atoms with van der Waals surface area (Å²) in [6.45, 7) is 3.93. The van der Waals surface area contributed by atoms with Crippen molar-refractivity contribution >= 4 is 11.6 Å². The quantitative estimate of drug-likeness (QED) is 0.780. The van der Waals surface area contributed by atoms with Gasteiger partial charge in [-0.3, -0.25) is 0 Å². The molecule has 2 rings (SSSR count). The lowest BCUT2D eigenvalue weighted by atomic mass is 10.0. The lowest BCUT2D eigenvalue weighted by Gasteiger charge is -2.02. The molecular formula is C13H15ClN2O. The number of halogens is 1. The van der Waals surface area contributed by atoms with E-state index in [-0.39, 0.29) is 5.38 Å². The van der Waals surface area contributed by atoms with Crippen molar-refractivity contribution in [3.05, 3.63) is 47.2 Å². The zero-order valence-electron chi connectivity index (χ0n) is 9.98. The molecule has 0 fully saturated rings. The predicted octanol–water partition coefficient (Wildman–Crippen LogP) is 3.46. The van der Waals surface area contributed by atoms with Crippen LogP contribution in [0.3, 0.4) is 0 Å². The number of hydrogen-bond acceptors (Lipinski definition) is 3. The van der Waals surface area contributed by atoms with Crippen molar-refractivity contribution in [2.24, 2.45) is 0 Å². The summed E-state index contributed by atoms with van der Waals surface area (Å²) in [7, 11) is 0. The topological polar surface area (TPSA) is 38.9 Å². The Morgan fingerprint density at radius 1 is 1.24 bits per heavy atom. The lowest BCUT2D eigenvalue weighted by Crippen LogP contribution is -1.94. The van der Waals surface area contributed by atoms with Crippen LogP contribution in [0.15, 0.2) is 28.7 Å². The first-order chi connectivity index (χ1) is 8.16.